The van der Waals surface area contributed by atoms with Crippen LogP contribution in [0.5, 0.6) is 0 Å². The quantitative estimate of drug-likeness (QED) is 0.627. The second kappa shape index (κ2) is 5.68. The maximum absolute atomic E-state index is 3.84. The van der Waals surface area contributed by atoms with Crippen LogP contribution in [0.4, 0.5) is 0 Å². The van der Waals surface area contributed by atoms with Crippen molar-refractivity contribution in [2.24, 2.45) is 5.92 Å². The average molecular weight is 214 g/mol. The van der Waals surface area contributed by atoms with Gasteiger partial charge in [-0.1, -0.05) is 0 Å². The topological polar surface area (TPSA) is 3.24 Å². The Morgan fingerprint density at radius 3 is 2.80 bits per heavy atom. The third-order valence-electron chi connectivity index (χ3n) is 1.87. The normalized spacial score (nSPS) is 26.4. The van der Waals surface area contributed by atoms with Crippen molar-refractivity contribution in [1.29, 1.82) is 0 Å². The van der Waals surface area contributed by atoms with Crippen molar-refractivity contribution < 1.29 is 32.7 Å². The van der Waals surface area contributed by atoms with E-state index in [1.807, 2.05) is 0 Å². The van der Waals surface area contributed by atoms with Crippen molar-refractivity contribution in [3.05, 3.63) is 13.3 Å². The Hall–Kier alpha value is 1.06. The molecular formula is C8H15NY-2. The maximum atomic E-state index is 3.84. The van der Waals surface area contributed by atoms with Gasteiger partial charge in [0.25, 0.3) is 0 Å². The summed E-state index contributed by atoms with van der Waals surface area (Å²) < 4.78 is 0. The first-order valence-corrected chi connectivity index (χ1v) is 3.64. The molecule has 0 saturated carbocycles. The zero-order valence-electron chi connectivity index (χ0n) is 6.71. The van der Waals surface area contributed by atoms with E-state index < -0.39 is 0 Å². The van der Waals surface area contributed by atoms with Gasteiger partial charge in [0.05, 0.1) is 0 Å². The van der Waals surface area contributed by atoms with Gasteiger partial charge in [-0.25, -0.2) is 0 Å². The molecule has 1 aliphatic heterocycles. The van der Waals surface area contributed by atoms with Crippen molar-refractivity contribution >= 4 is 0 Å². The van der Waals surface area contributed by atoms with Gasteiger partial charge in [-0.2, -0.15) is 12.3 Å². The summed E-state index contributed by atoms with van der Waals surface area (Å²) in [6.07, 6.45) is 4.74. The molecule has 1 nitrogen and oxygen atoms in total. The number of hydrogen-bond donors (Lipinski definition) is 0. The fourth-order valence-corrected chi connectivity index (χ4v) is 1.35. The van der Waals surface area contributed by atoms with Crippen molar-refractivity contribution in [3.8, 4) is 0 Å². The molecule has 1 radical (unpaired) electrons. The molecule has 1 aliphatic rings. The van der Waals surface area contributed by atoms with Crippen molar-refractivity contribution in [2.45, 2.75) is 12.8 Å². The predicted molar refractivity (Wildman–Crippen MR) is 39.9 cm³/mol. The Morgan fingerprint density at radius 1 is 1.70 bits per heavy atom. The van der Waals surface area contributed by atoms with Gasteiger partial charge in [-0.3, -0.25) is 0 Å². The zero-order valence-corrected chi connectivity index (χ0v) is 9.55. The Bertz CT molecular complexity index is 83.3. The van der Waals surface area contributed by atoms with E-state index in [9.17, 15) is 0 Å². The Balaban J connectivity index is 0.000000810. The number of nitrogens with zero attached hydrogens (tertiary/aromatic N) is 1. The number of hydrogen-bond acceptors (Lipinski definition) is 1. The van der Waals surface area contributed by atoms with Crippen LogP contribution in [0.3, 0.4) is 0 Å². The van der Waals surface area contributed by atoms with Crippen molar-refractivity contribution in [3.63, 3.8) is 0 Å². The number of likely N-dealkylation sites (tertiary alicyclic amines) is 1. The van der Waals surface area contributed by atoms with Crippen LogP contribution >= 0.6 is 0 Å². The minimum atomic E-state index is 0. The molecule has 1 heterocycles. The second-order valence-corrected chi connectivity index (χ2v) is 2.86. The van der Waals surface area contributed by atoms with Crippen LogP contribution in [-0.4, -0.2) is 25.0 Å². The van der Waals surface area contributed by atoms with Crippen LogP contribution in [0.1, 0.15) is 12.8 Å². The van der Waals surface area contributed by atoms with Gasteiger partial charge < -0.3 is 18.2 Å². The van der Waals surface area contributed by atoms with Gasteiger partial charge in [0.1, 0.15) is 0 Å². The van der Waals surface area contributed by atoms with E-state index in [0.29, 0.717) is 0 Å². The van der Waals surface area contributed by atoms with Crippen molar-refractivity contribution in [2.75, 3.05) is 20.1 Å². The largest absolute Gasteiger partial charge is 0.343 e. The fourth-order valence-electron chi connectivity index (χ4n) is 1.35. The number of rotatable bonds is 2. The van der Waals surface area contributed by atoms with E-state index in [0.717, 1.165) is 12.3 Å². The molecule has 57 valence electrons. The molecule has 10 heavy (non-hydrogen) atoms. The van der Waals surface area contributed by atoms with Crippen LogP contribution in [0, 0.1) is 19.3 Å². The molecule has 0 spiro atoms. The summed E-state index contributed by atoms with van der Waals surface area (Å²) in [7, 11) is 2.17. The Kier molecular flexibility index (Phi) is 6.29. The Labute approximate surface area is 89.4 Å². The summed E-state index contributed by atoms with van der Waals surface area (Å²) in [5, 5.41) is 0. The first kappa shape index (κ1) is 11.1. The standard InChI is InChI=1S/C8H15N.Y/c1-3-4-8-5-6-9(2)7-8;/h5,8H,1,3-4,6-7H2,2H3;/q-2;. The summed E-state index contributed by atoms with van der Waals surface area (Å²) >= 11 is 0. The first-order chi connectivity index (χ1) is 4.33. The summed E-state index contributed by atoms with van der Waals surface area (Å²) in [6.45, 7) is 6.25. The maximum Gasteiger partial charge on any atom is 0 e. The van der Waals surface area contributed by atoms with E-state index in [-0.39, 0.29) is 32.7 Å². The molecule has 0 N–H and O–H groups in total. The average Bonchev–Trinajstić information content (AvgIpc) is 2.17. The molecule has 2 heteroatoms. The SMILES string of the molecule is [CH2-]CCC1[CH-]CN(C)C1.[Y]. The van der Waals surface area contributed by atoms with Gasteiger partial charge >= 0.3 is 0 Å². The molecule has 1 fully saturated rings. The van der Waals surface area contributed by atoms with E-state index >= 15 is 0 Å². The van der Waals surface area contributed by atoms with Crippen LogP contribution < -0.4 is 0 Å². The first-order valence-electron chi connectivity index (χ1n) is 3.64. The molecule has 0 bridgehead atoms. The molecule has 1 atom stereocenters. The van der Waals surface area contributed by atoms with Gasteiger partial charge in [-0.05, 0) is 13.6 Å². The summed E-state index contributed by atoms with van der Waals surface area (Å²) in [6, 6.07) is 0. The zero-order chi connectivity index (χ0) is 6.69. The summed E-state index contributed by atoms with van der Waals surface area (Å²) in [4.78, 5) is 2.35. The van der Waals surface area contributed by atoms with E-state index in [4.69, 9.17) is 0 Å². The smallest absolute Gasteiger partial charge is 0 e. The van der Waals surface area contributed by atoms with Gasteiger partial charge in [0.15, 0.2) is 0 Å². The van der Waals surface area contributed by atoms with E-state index in [2.05, 4.69) is 25.3 Å². The minimum absolute atomic E-state index is 0. The summed E-state index contributed by atoms with van der Waals surface area (Å²) in [5.74, 6) is 0.826. The molecular weight excluding hydrogens is 199 g/mol. The molecule has 0 aliphatic carbocycles. The van der Waals surface area contributed by atoms with E-state index in [1.54, 1.807) is 0 Å². The van der Waals surface area contributed by atoms with Crippen LogP contribution in [-0.2, 0) is 32.7 Å². The molecule has 1 rings (SSSR count). The molecule has 0 amide bonds. The van der Waals surface area contributed by atoms with Crippen LogP contribution in [0.25, 0.3) is 0 Å². The molecule has 1 saturated heterocycles. The van der Waals surface area contributed by atoms with Gasteiger partial charge in [0.2, 0.25) is 0 Å². The van der Waals surface area contributed by atoms with E-state index in [1.165, 1.54) is 19.5 Å². The third kappa shape index (κ3) is 3.45. The fraction of sp³-hybridized carbons (Fsp3) is 0.750. The summed E-state index contributed by atoms with van der Waals surface area (Å²) in [5.41, 5.74) is 0. The predicted octanol–water partition coefficient (Wildman–Crippen LogP) is 1.36. The molecule has 0 aromatic carbocycles. The van der Waals surface area contributed by atoms with Gasteiger partial charge in [-0.15, -0.1) is 13.0 Å². The molecule has 0 aromatic rings. The van der Waals surface area contributed by atoms with Crippen molar-refractivity contribution in [1.82, 2.24) is 4.90 Å². The van der Waals surface area contributed by atoms with Crippen LogP contribution in [0.2, 0.25) is 0 Å². The second-order valence-electron chi connectivity index (χ2n) is 2.86. The van der Waals surface area contributed by atoms with Gasteiger partial charge in [0, 0.05) is 32.7 Å². The monoisotopic (exact) mass is 214 g/mol. The van der Waals surface area contributed by atoms with Crippen LogP contribution in [0.15, 0.2) is 0 Å². The molecule has 0 aromatic heterocycles. The Morgan fingerprint density at radius 2 is 2.40 bits per heavy atom. The molecule has 1 unspecified atom stereocenters. The minimum Gasteiger partial charge on any atom is -0.343 e. The third-order valence-corrected chi connectivity index (χ3v) is 1.87.